The monoisotopic (exact) mass is 383 g/mol. The van der Waals surface area contributed by atoms with Crippen LogP contribution in [0.1, 0.15) is 42.9 Å². The van der Waals surface area contributed by atoms with Gasteiger partial charge in [0.2, 0.25) is 0 Å². The molecular weight excluding hydrogens is 354 g/mol. The molecule has 0 spiro atoms. The summed E-state index contributed by atoms with van der Waals surface area (Å²) in [6.07, 6.45) is 5.02. The molecular formula is C23H29NO2S. The van der Waals surface area contributed by atoms with Crippen LogP contribution in [-0.2, 0) is 17.6 Å². The number of fused-ring (bicyclic) bond motifs is 1. The Hall–Kier alpha value is -1.94. The molecule has 1 aliphatic carbocycles. The van der Waals surface area contributed by atoms with E-state index in [1.807, 2.05) is 13.0 Å². The van der Waals surface area contributed by atoms with Crippen LogP contribution in [-0.4, -0.2) is 24.3 Å². The summed E-state index contributed by atoms with van der Waals surface area (Å²) in [5.41, 5.74) is 4.07. The lowest BCUT2D eigenvalue weighted by atomic mass is 9.92. The van der Waals surface area contributed by atoms with Crippen LogP contribution >= 0.6 is 11.8 Å². The van der Waals surface area contributed by atoms with Crippen molar-refractivity contribution in [2.45, 2.75) is 57.0 Å². The quantitative estimate of drug-likeness (QED) is 0.518. The van der Waals surface area contributed by atoms with Gasteiger partial charge in [-0.05, 0) is 74.4 Å². The Morgan fingerprint density at radius 2 is 1.85 bits per heavy atom. The van der Waals surface area contributed by atoms with E-state index in [9.17, 15) is 4.79 Å². The summed E-state index contributed by atoms with van der Waals surface area (Å²) in [5.74, 6) is 1.63. The van der Waals surface area contributed by atoms with E-state index in [1.165, 1.54) is 34.4 Å². The van der Waals surface area contributed by atoms with E-state index in [1.54, 1.807) is 11.8 Å². The molecule has 0 saturated carbocycles. The van der Waals surface area contributed by atoms with Gasteiger partial charge in [0, 0.05) is 17.2 Å². The van der Waals surface area contributed by atoms with E-state index >= 15 is 0 Å². The number of rotatable bonds is 8. The minimum Gasteiger partial charge on any atom is -0.481 e. The topological polar surface area (TPSA) is 38.3 Å². The van der Waals surface area contributed by atoms with Gasteiger partial charge in [0.1, 0.15) is 5.75 Å². The molecule has 1 aliphatic rings. The van der Waals surface area contributed by atoms with Crippen LogP contribution in [0.3, 0.4) is 0 Å². The smallest absolute Gasteiger partial charge is 0.261 e. The number of thioether (sulfide) groups is 1. The summed E-state index contributed by atoms with van der Waals surface area (Å²) >= 11 is 1.75. The fourth-order valence-electron chi connectivity index (χ4n) is 3.36. The second-order valence-electron chi connectivity index (χ2n) is 7.10. The highest BCUT2D eigenvalue weighted by molar-refractivity contribution is 7.99. The molecule has 0 fully saturated rings. The minimum atomic E-state index is -0.434. The molecule has 4 heteroatoms. The molecule has 1 amide bonds. The predicted octanol–water partition coefficient (Wildman–Crippen LogP) is 4.94. The standard InChI is InChI=1S/C23H29NO2S/c1-3-22(26-20-11-10-18-6-4-5-7-19(18)16-20)23(25)24-14-15-27-21-12-8-17(2)9-13-21/h8-13,16,22H,3-7,14-15H2,1-2H3,(H,24,25). The number of aryl methyl sites for hydroxylation is 3. The van der Waals surface area contributed by atoms with Gasteiger partial charge in [-0.15, -0.1) is 11.8 Å². The van der Waals surface area contributed by atoms with Crippen molar-refractivity contribution < 1.29 is 9.53 Å². The molecule has 0 bridgehead atoms. The summed E-state index contributed by atoms with van der Waals surface area (Å²) in [4.78, 5) is 13.7. The van der Waals surface area contributed by atoms with Crippen molar-refractivity contribution in [3.05, 3.63) is 59.2 Å². The largest absolute Gasteiger partial charge is 0.481 e. The van der Waals surface area contributed by atoms with E-state index in [-0.39, 0.29) is 5.91 Å². The van der Waals surface area contributed by atoms with Crippen LogP contribution in [0.4, 0.5) is 0 Å². The number of nitrogens with one attached hydrogen (secondary N) is 1. The highest BCUT2D eigenvalue weighted by atomic mass is 32.2. The number of hydrogen-bond donors (Lipinski definition) is 1. The van der Waals surface area contributed by atoms with Gasteiger partial charge in [-0.3, -0.25) is 4.79 Å². The van der Waals surface area contributed by atoms with Crippen LogP contribution in [0.15, 0.2) is 47.4 Å². The van der Waals surface area contributed by atoms with E-state index in [0.717, 1.165) is 24.3 Å². The fourth-order valence-corrected chi connectivity index (χ4v) is 4.13. The normalized spacial score (nSPS) is 14.3. The van der Waals surface area contributed by atoms with Crippen molar-refractivity contribution >= 4 is 17.7 Å². The average Bonchev–Trinajstić information content (AvgIpc) is 2.70. The Balaban J connectivity index is 1.46. The number of ether oxygens (including phenoxy) is 1. The SMILES string of the molecule is CCC(Oc1ccc2c(c1)CCCC2)C(=O)NCCSc1ccc(C)cc1. The van der Waals surface area contributed by atoms with Gasteiger partial charge in [0.05, 0.1) is 0 Å². The van der Waals surface area contributed by atoms with Gasteiger partial charge >= 0.3 is 0 Å². The zero-order chi connectivity index (χ0) is 19.1. The molecule has 1 unspecified atom stereocenters. The molecule has 3 nitrogen and oxygen atoms in total. The number of amides is 1. The second-order valence-corrected chi connectivity index (χ2v) is 8.27. The lowest BCUT2D eigenvalue weighted by Crippen LogP contribution is -2.39. The first-order valence-corrected chi connectivity index (χ1v) is 10.9. The van der Waals surface area contributed by atoms with E-state index in [2.05, 4.69) is 48.6 Å². The molecule has 0 heterocycles. The average molecular weight is 384 g/mol. The van der Waals surface area contributed by atoms with Gasteiger partial charge in [0.25, 0.3) is 5.91 Å². The number of benzene rings is 2. The van der Waals surface area contributed by atoms with Crippen LogP contribution in [0.5, 0.6) is 5.75 Å². The molecule has 1 atom stereocenters. The van der Waals surface area contributed by atoms with E-state index in [0.29, 0.717) is 13.0 Å². The van der Waals surface area contributed by atoms with Crippen molar-refractivity contribution in [2.24, 2.45) is 0 Å². The van der Waals surface area contributed by atoms with Crippen LogP contribution < -0.4 is 10.1 Å². The molecule has 0 aromatic heterocycles. The lowest BCUT2D eigenvalue weighted by Gasteiger charge is -2.20. The van der Waals surface area contributed by atoms with Crippen molar-refractivity contribution in [2.75, 3.05) is 12.3 Å². The van der Waals surface area contributed by atoms with Gasteiger partial charge in [-0.25, -0.2) is 0 Å². The Morgan fingerprint density at radius 3 is 2.59 bits per heavy atom. The predicted molar refractivity (Wildman–Crippen MR) is 113 cm³/mol. The lowest BCUT2D eigenvalue weighted by molar-refractivity contribution is -0.127. The van der Waals surface area contributed by atoms with Gasteiger partial charge in [-0.2, -0.15) is 0 Å². The van der Waals surface area contributed by atoms with E-state index < -0.39 is 6.10 Å². The van der Waals surface area contributed by atoms with Crippen molar-refractivity contribution in [3.8, 4) is 5.75 Å². The Bertz CT molecular complexity index is 757. The highest BCUT2D eigenvalue weighted by Gasteiger charge is 2.19. The first kappa shape index (κ1) is 19.8. The maximum absolute atomic E-state index is 12.5. The molecule has 2 aromatic rings. The van der Waals surface area contributed by atoms with Crippen molar-refractivity contribution in [3.63, 3.8) is 0 Å². The van der Waals surface area contributed by atoms with Gasteiger partial charge in [0.15, 0.2) is 6.10 Å². The van der Waals surface area contributed by atoms with Crippen LogP contribution in [0, 0.1) is 6.92 Å². The Labute approximate surface area is 166 Å². The molecule has 1 N–H and O–H groups in total. The van der Waals surface area contributed by atoms with Gasteiger partial charge < -0.3 is 10.1 Å². The number of hydrogen-bond acceptors (Lipinski definition) is 3. The molecule has 3 rings (SSSR count). The van der Waals surface area contributed by atoms with Crippen LogP contribution in [0.2, 0.25) is 0 Å². The summed E-state index contributed by atoms with van der Waals surface area (Å²) in [7, 11) is 0. The molecule has 0 aliphatic heterocycles. The minimum absolute atomic E-state index is 0.0280. The zero-order valence-corrected chi connectivity index (χ0v) is 17.1. The highest BCUT2D eigenvalue weighted by Crippen LogP contribution is 2.26. The number of carbonyl (C=O) groups is 1. The van der Waals surface area contributed by atoms with Crippen molar-refractivity contribution in [1.82, 2.24) is 5.32 Å². The van der Waals surface area contributed by atoms with Crippen LogP contribution in [0.25, 0.3) is 0 Å². The fraction of sp³-hybridized carbons (Fsp3) is 0.435. The third-order valence-corrected chi connectivity index (χ3v) is 5.97. The maximum atomic E-state index is 12.5. The first-order valence-electron chi connectivity index (χ1n) is 9.91. The Morgan fingerprint density at radius 1 is 1.11 bits per heavy atom. The first-order chi connectivity index (χ1) is 13.2. The summed E-state index contributed by atoms with van der Waals surface area (Å²) in [6.45, 7) is 4.72. The third kappa shape index (κ3) is 5.77. The molecule has 0 radical (unpaired) electrons. The molecule has 144 valence electrons. The number of carbonyl (C=O) groups excluding carboxylic acids is 1. The summed E-state index contributed by atoms with van der Waals surface area (Å²) in [5, 5.41) is 3.01. The van der Waals surface area contributed by atoms with Crippen molar-refractivity contribution in [1.29, 1.82) is 0 Å². The van der Waals surface area contributed by atoms with E-state index in [4.69, 9.17) is 4.74 Å². The Kier molecular flexibility index (Phi) is 7.22. The van der Waals surface area contributed by atoms with Gasteiger partial charge in [-0.1, -0.05) is 30.7 Å². The zero-order valence-electron chi connectivity index (χ0n) is 16.3. The summed E-state index contributed by atoms with van der Waals surface area (Å²) in [6, 6.07) is 14.8. The molecule has 2 aromatic carbocycles. The second kappa shape index (κ2) is 9.84. The summed E-state index contributed by atoms with van der Waals surface area (Å²) < 4.78 is 6.00. The molecule has 27 heavy (non-hydrogen) atoms. The maximum Gasteiger partial charge on any atom is 0.261 e. The molecule has 0 saturated heterocycles. The third-order valence-electron chi connectivity index (χ3n) is 4.95.